The lowest BCUT2D eigenvalue weighted by Crippen LogP contribution is -2.15. The molecule has 0 bridgehead atoms. The lowest BCUT2D eigenvalue weighted by atomic mass is 10.1. The summed E-state index contributed by atoms with van der Waals surface area (Å²) in [6.45, 7) is 2.09. The molecule has 0 atom stereocenters. The zero-order chi connectivity index (χ0) is 19.5. The van der Waals surface area contributed by atoms with Crippen LogP contribution in [0, 0.1) is 0 Å². The number of rotatable bonds is 8. The molecule has 0 saturated carbocycles. The smallest absolute Gasteiger partial charge is 0.390 e. The Labute approximate surface area is 158 Å². The molecule has 0 amide bonds. The summed E-state index contributed by atoms with van der Waals surface area (Å²) < 4.78 is 5.26. The van der Waals surface area contributed by atoms with Crippen molar-refractivity contribution < 1.29 is 28.9 Å². The van der Waals surface area contributed by atoms with E-state index in [9.17, 15) is 14.4 Å². The molecule has 0 radical (unpaired) electrons. The predicted molar refractivity (Wildman–Crippen MR) is 98.1 cm³/mol. The maximum Gasteiger partial charge on any atom is 0.390 e. The number of carbonyl (C=O) groups excluding carboxylic acids is 3. The highest BCUT2D eigenvalue weighted by Gasteiger charge is 2.19. The van der Waals surface area contributed by atoms with E-state index in [0.29, 0.717) is 0 Å². The molecule has 6 heteroatoms. The van der Waals surface area contributed by atoms with Crippen LogP contribution in [0.25, 0.3) is 0 Å². The first-order chi connectivity index (χ1) is 13.1. The summed E-state index contributed by atoms with van der Waals surface area (Å²) in [5.74, 6) is -2.07. The second-order valence-corrected chi connectivity index (χ2v) is 5.89. The van der Waals surface area contributed by atoms with E-state index in [1.165, 1.54) is 24.3 Å². The molecule has 0 aliphatic rings. The van der Waals surface area contributed by atoms with Crippen LogP contribution in [0.5, 0.6) is 5.75 Å². The summed E-state index contributed by atoms with van der Waals surface area (Å²) in [6, 6.07) is 14.3. The first kappa shape index (κ1) is 20.2. The zero-order valence-corrected chi connectivity index (χ0v) is 15.2. The van der Waals surface area contributed by atoms with E-state index in [2.05, 4.69) is 16.7 Å². The fraction of sp³-hybridized carbons (Fsp3) is 0.286. The molecule has 0 N–H and O–H groups in total. The highest BCUT2D eigenvalue weighted by atomic mass is 17.2. The molecule has 6 nitrogen and oxygen atoms in total. The molecule has 0 aliphatic carbocycles. The van der Waals surface area contributed by atoms with Crippen LogP contribution >= 0.6 is 0 Å². The summed E-state index contributed by atoms with van der Waals surface area (Å²) in [6.07, 6.45) is 4.08. The highest BCUT2D eigenvalue weighted by Crippen LogP contribution is 2.20. The van der Waals surface area contributed by atoms with Crippen molar-refractivity contribution in [2.75, 3.05) is 0 Å². The van der Waals surface area contributed by atoms with Crippen molar-refractivity contribution in [3.63, 3.8) is 0 Å². The number of hydrogen-bond acceptors (Lipinski definition) is 6. The van der Waals surface area contributed by atoms with Gasteiger partial charge in [0.25, 0.3) is 0 Å². The topological polar surface area (TPSA) is 78.9 Å². The van der Waals surface area contributed by atoms with Crippen LogP contribution in [0.1, 0.15) is 59.7 Å². The molecule has 142 valence electrons. The van der Waals surface area contributed by atoms with E-state index in [0.717, 1.165) is 25.7 Å². The van der Waals surface area contributed by atoms with Gasteiger partial charge < -0.3 is 4.74 Å². The van der Waals surface area contributed by atoms with Gasteiger partial charge >= 0.3 is 17.9 Å². The molecule has 2 aromatic carbocycles. The predicted octanol–water partition coefficient (Wildman–Crippen LogP) is 4.49. The van der Waals surface area contributed by atoms with Crippen molar-refractivity contribution >= 4 is 17.9 Å². The molecule has 0 heterocycles. The minimum absolute atomic E-state index is 0.000250. The third-order valence-corrected chi connectivity index (χ3v) is 3.77. The van der Waals surface area contributed by atoms with Crippen LogP contribution in [-0.4, -0.2) is 17.9 Å². The van der Waals surface area contributed by atoms with Gasteiger partial charge in [0.15, 0.2) is 0 Å². The van der Waals surface area contributed by atoms with Crippen molar-refractivity contribution in [2.24, 2.45) is 0 Å². The number of unbranched alkanes of at least 4 members (excludes halogenated alkanes) is 3. The van der Waals surface area contributed by atoms with Gasteiger partial charge in [0.2, 0.25) is 0 Å². The van der Waals surface area contributed by atoms with Crippen LogP contribution in [0.15, 0.2) is 54.6 Å². The molecule has 0 spiro atoms. The molecule has 2 aromatic rings. The molecule has 2 rings (SSSR count). The average molecular weight is 370 g/mol. The maximum atomic E-state index is 12.2. The Balaban J connectivity index is 1.92. The van der Waals surface area contributed by atoms with Gasteiger partial charge in [-0.25, -0.2) is 19.4 Å². The monoisotopic (exact) mass is 370 g/mol. The summed E-state index contributed by atoms with van der Waals surface area (Å²) in [5, 5.41) is 0. The Hall–Kier alpha value is -3.15. The SMILES string of the molecule is CCCCCCC(=O)Oc1ccccc1C(=O)OOC(=O)c1ccccc1. The minimum Gasteiger partial charge on any atom is -0.426 e. The lowest BCUT2D eigenvalue weighted by Gasteiger charge is -2.09. The molecule has 0 aromatic heterocycles. The van der Waals surface area contributed by atoms with E-state index in [4.69, 9.17) is 4.74 Å². The van der Waals surface area contributed by atoms with Crippen LogP contribution < -0.4 is 4.74 Å². The number of esters is 1. The summed E-state index contributed by atoms with van der Waals surface area (Å²) >= 11 is 0. The third kappa shape index (κ3) is 6.58. The Morgan fingerprint density at radius 3 is 2.19 bits per heavy atom. The van der Waals surface area contributed by atoms with Crippen LogP contribution in [0.2, 0.25) is 0 Å². The van der Waals surface area contributed by atoms with Crippen molar-refractivity contribution in [3.8, 4) is 5.75 Å². The molecular weight excluding hydrogens is 348 g/mol. The number of benzene rings is 2. The van der Waals surface area contributed by atoms with Gasteiger partial charge in [0, 0.05) is 6.42 Å². The highest BCUT2D eigenvalue weighted by molar-refractivity contribution is 5.94. The van der Waals surface area contributed by atoms with Gasteiger partial charge in [-0.1, -0.05) is 56.5 Å². The number of para-hydroxylation sites is 1. The van der Waals surface area contributed by atoms with Gasteiger partial charge in [-0.15, -0.1) is 0 Å². The van der Waals surface area contributed by atoms with Crippen molar-refractivity contribution in [1.29, 1.82) is 0 Å². The normalized spacial score (nSPS) is 10.1. The fourth-order valence-electron chi connectivity index (χ4n) is 2.34. The number of carbonyl (C=O) groups is 3. The van der Waals surface area contributed by atoms with E-state index < -0.39 is 17.9 Å². The van der Waals surface area contributed by atoms with Gasteiger partial charge in [-0.2, -0.15) is 0 Å². The molecule has 27 heavy (non-hydrogen) atoms. The Morgan fingerprint density at radius 1 is 0.778 bits per heavy atom. The fourth-order valence-corrected chi connectivity index (χ4v) is 2.34. The first-order valence-electron chi connectivity index (χ1n) is 8.89. The van der Waals surface area contributed by atoms with Gasteiger partial charge in [0.05, 0.1) is 5.56 Å². The molecule has 0 unspecified atom stereocenters. The van der Waals surface area contributed by atoms with Crippen LogP contribution in [0.4, 0.5) is 0 Å². The Bertz CT molecular complexity index is 769. The van der Waals surface area contributed by atoms with Gasteiger partial charge in [0.1, 0.15) is 11.3 Å². The number of hydrogen-bond donors (Lipinski definition) is 0. The van der Waals surface area contributed by atoms with Crippen LogP contribution in [0.3, 0.4) is 0 Å². The molecule has 0 saturated heterocycles. The lowest BCUT2D eigenvalue weighted by molar-refractivity contribution is -0.187. The molecule has 0 aliphatic heterocycles. The van der Waals surface area contributed by atoms with Crippen LogP contribution in [-0.2, 0) is 14.6 Å². The third-order valence-electron chi connectivity index (χ3n) is 3.77. The molecular formula is C21H22O6. The largest absolute Gasteiger partial charge is 0.426 e. The van der Waals surface area contributed by atoms with Crippen molar-refractivity contribution in [1.82, 2.24) is 0 Å². The second-order valence-electron chi connectivity index (χ2n) is 5.89. The summed E-state index contributed by atoms with van der Waals surface area (Å²) in [7, 11) is 0. The first-order valence-corrected chi connectivity index (χ1v) is 8.89. The maximum absolute atomic E-state index is 12.2. The van der Waals surface area contributed by atoms with Gasteiger partial charge in [-0.3, -0.25) is 4.79 Å². The van der Waals surface area contributed by atoms with Crippen molar-refractivity contribution in [3.05, 3.63) is 65.7 Å². The van der Waals surface area contributed by atoms with E-state index >= 15 is 0 Å². The van der Waals surface area contributed by atoms with E-state index in [-0.39, 0.29) is 23.3 Å². The van der Waals surface area contributed by atoms with E-state index in [1.54, 1.807) is 30.3 Å². The molecule has 0 fully saturated rings. The Morgan fingerprint density at radius 2 is 1.44 bits per heavy atom. The van der Waals surface area contributed by atoms with E-state index in [1.807, 2.05) is 0 Å². The Kier molecular flexibility index (Phi) is 8.03. The second kappa shape index (κ2) is 10.8. The standard InChI is InChI=1S/C21H22O6/c1-2-3-4-8-15-19(22)25-18-14-10-9-13-17(18)21(24)27-26-20(23)16-11-6-5-7-12-16/h5-7,9-14H,2-4,8,15H2,1H3. The summed E-state index contributed by atoms with van der Waals surface area (Å²) in [5.41, 5.74) is 0.248. The summed E-state index contributed by atoms with van der Waals surface area (Å²) in [4.78, 5) is 45.1. The van der Waals surface area contributed by atoms with Crippen molar-refractivity contribution in [2.45, 2.75) is 39.0 Å². The zero-order valence-electron chi connectivity index (χ0n) is 15.2. The van der Waals surface area contributed by atoms with Gasteiger partial charge in [-0.05, 0) is 30.7 Å². The minimum atomic E-state index is -0.923. The number of ether oxygens (including phenoxy) is 1. The average Bonchev–Trinajstić information content (AvgIpc) is 2.70. The quantitative estimate of drug-likeness (QED) is 0.224.